The van der Waals surface area contributed by atoms with Crippen molar-refractivity contribution in [2.75, 3.05) is 11.9 Å². The fourth-order valence-electron chi connectivity index (χ4n) is 2.10. The van der Waals surface area contributed by atoms with Crippen molar-refractivity contribution >= 4 is 23.2 Å². The molecular formula is C18H27N3O3. The highest BCUT2D eigenvalue weighted by atomic mass is 16.5. The van der Waals surface area contributed by atoms with Crippen molar-refractivity contribution < 1.29 is 14.3 Å². The number of nitrogens with one attached hydrogen (secondary N) is 2. The Morgan fingerprint density at radius 2 is 1.75 bits per heavy atom. The molecule has 0 radical (unpaired) electrons. The molecule has 0 aliphatic carbocycles. The first-order valence-electron chi connectivity index (χ1n) is 8.25. The van der Waals surface area contributed by atoms with Crippen molar-refractivity contribution in [2.24, 2.45) is 11.0 Å². The van der Waals surface area contributed by atoms with Crippen molar-refractivity contribution in [1.82, 2.24) is 5.43 Å². The maximum Gasteiger partial charge on any atom is 0.240 e. The normalized spacial score (nSPS) is 11.3. The van der Waals surface area contributed by atoms with Crippen LogP contribution in [0.2, 0.25) is 0 Å². The number of nitrogens with zero attached hydrogens (tertiary/aromatic N) is 1. The Balaban J connectivity index is 2.33. The minimum absolute atomic E-state index is 0.0985. The van der Waals surface area contributed by atoms with Gasteiger partial charge in [-0.15, -0.1) is 0 Å². The Hall–Kier alpha value is -2.37. The molecule has 0 atom stereocenters. The Morgan fingerprint density at radius 1 is 1.12 bits per heavy atom. The largest absolute Gasteiger partial charge is 0.494 e. The third-order valence-corrected chi connectivity index (χ3v) is 3.10. The zero-order valence-electron chi connectivity index (χ0n) is 14.9. The molecule has 2 N–H and O–H groups in total. The Morgan fingerprint density at radius 3 is 2.33 bits per heavy atom. The molecule has 0 unspecified atom stereocenters. The van der Waals surface area contributed by atoms with Gasteiger partial charge in [0.25, 0.3) is 0 Å². The van der Waals surface area contributed by atoms with Gasteiger partial charge in [-0.05, 0) is 50.5 Å². The molecule has 0 fully saturated rings. The zero-order valence-corrected chi connectivity index (χ0v) is 14.9. The topological polar surface area (TPSA) is 79.8 Å². The van der Waals surface area contributed by atoms with Gasteiger partial charge in [-0.1, -0.05) is 13.8 Å². The summed E-state index contributed by atoms with van der Waals surface area (Å²) in [4.78, 5) is 23.5. The number of amides is 2. The number of benzene rings is 1. The summed E-state index contributed by atoms with van der Waals surface area (Å²) < 4.78 is 5.34. The van der Waals surface area contributed by atoms with E-state index in [0.29, 0.717) is 18.2 Å². The molecule has 1 aromatic rings. The maximum absolute atomic E-state index is 11.9. The number of carbonyl (C=O) groups is 2. The molecule has 0 saturated heterocycles. The molecule has 1 aromatic carbocycles. The summed E-state index contributed by atoms with van der Waals surface area (Å²) in [7, 11) is 0. The van der Waals surface area contributed by atoms with E-state index in [4.69, 9.17) is 4.74 Å². The lowest BCUT2D eigenvalue weighted by Gasteiger charge is -2.07. The van der Waals surface area contributed by atoms with Crippen molar-refractivity contribution in [2.45, 2.75) is 47.0 Å². The smallest absolute Gasteiger partial charge is 0.240 e. The fraction of sp³-hybridized carbons (Fsp3) is 0.500. The van der Waals surface area contributed by atoms with Crippen LogP contribution < -0.4 is 15.5 Å². The Bertz CT molecular complexity index is 565. The van der Waals surface area contributed by atoms with Gasteiger partial charge in [0.05, 0.1) is 6.61 Å². The van der Waals surface area contributed by atoms with Gasteiger partial charge >= 0.3 is 0 Å². The van der Waals surface area contributed by atoms with Gasteiger partial charge in [0.2, 0.25) is 11.8 Å². The van der Waals surface area contributed by atoms with E-state index in [2.05, 4.69) is 29.7 Å². The second-order valence-electron chi connectivity index (χ2n) is 5.99. The van der Waals surface area contributed by atoms with Crippen molar-refractivity contribution in [3.63, 3.8) is 0 Å². The van der Waals surface area contributed by atoms with Crippen LogP contribution in [0.1, 0.15) is 47.0 Å². The molecular weight excluding hydrogens is 306 g/mol. The summed E-state index contributed by atoms with van der Waals surface area (Å²) in [5, 5.41) is 6.77. The summed E-state index contributed by atoms with van der Waals surface area (Å²) in [5.74, 6) is 0.771. The van der Waals surface area contributed by atoms with Crippen LogP contribution in [0.4, 0.5) is 5.69 Å². The van der Waals surface area contributed by atoms with Crippen molar-refractivity contribution in [3.8, 4) is 5.75 Å². The predicted octanol–water partition coefficient (Wildman–Crippen LogP) is 3.34. The maximum atomic E-state index is 11.9. The summed E-state index contributed by atoms with van der Waals surface area (Å²) in [5.41, 5.74) is 4.03. The first kappa shape index (κ1) is 19.7. The van der Waals surface area contributed by atoms with Crippen LogP contribution in [0.25, 0.3) is 0 Å². The van der Waals surface area contributed by atoms with E-state index in [1.54, 1.807) is 24.3 Å². The third kappa shape index (κ3) is 8.31. The molecule has 6 heteroatoms. The quantitative estimate of drug-likeness (QED) is 0.537. The van der Waals surface area contributed by atoms with E-state index in [1.165, 1.54) is 0 Å². The number of hydrogen-bond acceptors (Lipinski definition) is 4. The second-order valence-corrected chi connectivity index (χ2v) is 5.99. The molecule has 0 aromatic heterocycles. The van der Waals surface area contributed by atoms with Crippen LogP contribution in [-0.2, 0) is 9.59 Å². The minimum atomic E-state index is -0.264. The highest BCUT2D eigenvalue weighted by Gasteiger charge is 2.07. The Kier molecular flexibility index (Phi) is 8.54. The SMILES string of the molecule is CCOc1ccc(NC(=O)CCC(=O)NN=C(C)CC(C)C)cc1. The minimum Gasteiger partial charge on any atom is -0.494 e. The fourth-order valence-corrected chi connectivity index (χ4v) is 2.10. The van der Waals surface area contributed by atoms with E-state index in [-0.39, 0.29) is 24.7 Å². The monoisotopic (exact) mass is 333 g/mol. The highest BCUT2D eigenvalue weighted by Crippen LogP contribution is 2.15. The molecule has 6 nitrogen and oxygen atoms in total. The van der Waals surface area contributed by atoms with E-state index in [1.807, 2.05) is 13.8 Å². The van der Waals surface area contributed by atoms with E-state index < -0.39 is 0 Å². The molecule has 0 saturated carbocycles. The highest BCUT2D eigenvalue weighted by molar-refractivity contribution is 5.93. The molecule has 0 aliphatic heterocycles. The van der Waals surface area contributed by atoms with Gasteiger partial charge in [-0.25, -0.2) is 5.43 Å². The molecule has 0 heterocycles. The number of hydrogen-bond donors (Lipinski definition) is 2. The lowest BCUT2D eigenvalue weighted by Crippen LogP contribution is -2.21. The van der Waals surface area contributed by atoms with Crippen LogP contribution in [0.3, 0.4) is 0 Å². The molecule has 0 aliphatic rings. The average Bonchev–Trinajstić information content (AvgIpc) is 2.52. The molecule has 0 bridgehead atoms. The molecule has 132 valence electrons. The Labute approximate surface area is 143 Å². The summed E-state index contributed by atoms with van der Waals surface area (Å²) in [6, 6.07) is 7.11. The third-order valence-electron chi connectivity index (χ3n) is 3.10. The summed E-state index contributed by atoms with van der Waals surface area (Å²) in [6.07, 6.45) is 1.04. The van der Waals surface area contributed by atoms with E-state index in [0.717, 1.165) is 17.9 Å². The molecule has 24 heavy (non-hydrogen) atoms. The number of hydrazone groups is 1. The summed E-state index contributed by atoms with van der Waals surface area (Å²) >= 11 is 0. The molecule has 0 spiro atoms. The van der Waals surface area contributed by atoms with Gasteiger partial charge in [-0.2, -0.15) is 5.10 Å². The van der Waals surface area contributed by atoms with Gasteiger partial charge in [0, 0.05) is 24.2 Å². The standard InChI is InChI=1S/C18H27N3O3/c1-5-24-16-8-6-15(7-9-16)19-17(22)10-11-18(23)21-20-14(4)12-13(2)3/h6-9,13H,5,10-12H2,1-4H3,(H,19,22)(H,21,23). The molecule has 2 amide bonds. The lowest BCUT2D eigenvalue weighted by atomic mass is 10.1. The van der Waals surface area contributed by atoms with Gasteiger partial charge in [0.15, 0.2) is 0 Å². The number of rotatable bonds is 9. The first-order valence-corrected chi connectivity index (χ1v) is 8.25. The summed E-state index contributed by atoms with van der Waals surface area (Å²) in [6.45, 7) is 8.56. The number of ether oxygens (including phenoxy) is 1. The zero-order chi connectivity index (χ0) is 17.9. The lowest BCUT2D eigenvalue weighted by molar-refractivity contribution is -0.124. The second kappa shape index (κ2) is 10.4. The van der Waals surface area contributed by atoms with Gasteiger partial charge < -0.3 is 10.1 Å². The van der Waals surface area contributed by atoms with Crippen molar-refractivity contribution in [3.05, 3.63) is 24.3 Å². The van der Waals surface area contributed by atoms with E-state index in [9.17, 15) is 9.59 Å². The van der Waals surface area contributed by atoms with Crippen LogP contribution in [0, 0.1) is 5.92 Å². The average molecular weight is 333 g/mol. The molecule has 1 rings (SSSR count). The predicted molar refractivity (Wildman–Crippen MR) is 96.2 cm³/mol. The van der Waals surface area contributed by atoms with Crippen LogP contribution >= 0.6 is 0 Å². The van der Waals surface area contributed by atoms with Crippen LogP contribution in [-0.4, -0.2) is 24.1 Å². The number of anilines is 1. The van der Waals surface area contributed by atoms with Gasteiger partial charge in [0.1, 0.15) is 5.75 Å². The van der Waals surface area contributed by atoms with Crippen molar-refractivity contribution in [1.29, 1.82) is 0 Å². The van der Waals surface area contributed by atoms with Crippen LogP contribution in [0.5, 0.6) is 5.75 Å². The van der Waals surface area contributed by atoms with E-state index >= 15 is 0 Å². The van der Waals surface area contributed by atoms with Crippen LogP contribution in [0.15, 0.2) is 29.4 Å². The number of carbonyl (C=O) groups excluding carboxylic acids is 2. The van der Waals surface area contributed by atoms with Gasteiger partial charge in [-0.3, -0.25) is 9.59 Å². The first-order chi connectivity index (χ1) is 11.4.